The molecule has 126 valence electrons. The van der Waals surface area contributed by atoms with E-state index in [-0.39, 0.29) is 6.03 Å². The summed E-state index contributed by atoms with van der Waals surface area (Å²) in [5.74, 6) is 1.47. The van der Waals surface area contributed by atoms with Crippen LogP contribution >= 0.6 is 0 Å². The highest BCUT2D eigenvalue weighted by molar-refractivity contribution is 5.74. The van der Waals surface area contributed by atoms with Crippen LogP contribution in [0.25, 0.3) is 0 Å². The minimum absolute atomic E-state index is 0.0327. The Morgan fingerprint density at radius 2 is 1.96 bits per heavy atom. The van der Waals surface area contributed by atoms with Gasteiger partial charge < -0.3 is 15.0 Å². The molecule has 0 aliphatic carbocycles. The van der Waals surface area contributed by atoms with Gasteiger partial charge in [0.2, 0.25) is 0 Å². The normalized spacial score (nSPS) is 16.9. The number of urea groups is 1. The first-order valence-electron chi connectivity index (χ1n) is 8.49. The van der Waals surface area contributed by atoms with Crippen LogP contribution in [-0.2, 0) is 13.2 Å². The summed E-state index contributed by atoms with van der Waals surface area (Å²) < 4.78 is 5.77. The first-order valence-corrected chi connectivity index (χ1v) is 8.49. The Morgan fingerprint density at radius 3 is 2.71 bits per heavy atom. The monoisotopic (exact) mass is 324 g/mol. The van der Waals surface area contributed by atoms with Gasteiger partial charge in [-0.2, -0.15) is 0 Å². The van der Waals surface area contributed by atoms with E-state index in [1.807, 2.05) is 53.4 Å². The number of hydrogen-bond acceptors (Lipinski definition) is 2. The molecule has 2 amide bonds. The van der Waals surface area contributed by atoms with Gasteiger partial charge >= 0.3 is 6.03 Å². The van der Waals surface area contributed by atoms with Crippen LogP contribution in [0.2, 0.25) is 0 Å². The van der Waals surface area contributed by atoms with E-state index in [1.54, 1.807) is 0 Å². The molecule has 4 nitrogen and oxygen atoms in total. The van der Waals surface area contributed by atoms with Gasteiger partial charge in [-0.05, 0) is 35.6 Å². The van der Waals surface area contributed by atoms with Crippen LogP contribution < -0.4 is 10.1 Å². The molecule has 24 heavy (non-hydrogen) atoms. The molecule has 0 radical (unpaired) electrons. The molecule has 1 fully saturated rings. The number of hydrogen-bond donors (Lipinski definition) is 1. The SMILES string of the molecule is CC1CCN(C(=O)NCc2cccc(COc3ccccc3)c2)C1. The topological polar surface area (TPSA) is 41.6 Å². The lowest BCUT2D eigenvalue weighted by atomic mass is 10.1. The third-order valence-electron chi connectivity index (χ3n) is 4.29. The molecule has 4 heteroatoms. The van der Waals surface area contributed by atoms with Crippen molar-refractivity contribution in [3.63, 3.8) is 0 Å². The summed E-state index contributed by atoms with van der Waals surface area (Å²) in [6.45, 7) is 4.97. The lowest BCUT2D eigenvalue weighted by Crippen LogP contribution is -2.37. The summed E-state index contributed by atoms with van der Waals surface area (Å²) in [6, 6.07) is 18.0. The first kappa shape index (κ1) is 16.4. The second-order valence-electron chi connectivity index (χ2n) is 6.42. The Kier molecular flexibility index (Phi) is 5.36. The zero-order valence-electron chi connectivity index (χ0n) is 14.1. The molecule has 1 aliphatic heterocycles. The van der Waals surface area contributed by atoms with E-state index in [4.69, 9.17) is 4.74 Å². The Hall–Kier alpha value is -2.49. The number of nitrogens with zero attached hydrogens (tertiary/aromatic N) is 1. The largest absolute Gasteiger partial charge is 0.489 e. The van der Waals surface area contributed by atoms with E-state index in [9.17, 15) is 4.79 Å². The predicted molar refractivity (Wildman–Crippen MR) is 94.8 cm³/mol. The summed E-state index contributed by atoms with van der Waals surface area (Å²) in [5.41, 5.74) is 2.19. The number of ether oxygens (including phenoxy) is 1. The Balaban J connectivity index is 1.50. The van der Waals surface area contributed by atoms with Gasteiger partial charge in [0, 0.05) is 19.6 Å². The molecule has 2 aromatic rings. The molecular weight excluding hydrogens is 300 g/mol. The Morgan fingerprint density at radius 1 is 1.17 bits per heavy atom. The fraction of sp³-hybridized carbons (Fsp3) is 0.350. The molecular formula is C20H24N2O2. The Bertz CT molecular complexity index is 672. The van der Waals surface area contributed by atoms with Crippen LogP contribution in [-0.4, -0.2) is 24.0 Å². The van der Waals surface area contributed by atoms with Crippen molar-refractivity contribution in [2.75, 3.05) is 13.1 Å². The maximum Gasteiger partial charge on any atom is 0.317 e. The van der Waals surface area contributed by atoms with E-state index in [1.165, 1.54) is 0 Å². The molecule has 1 heterocycles. The predicted octanol–water partition coefficient (Wildman–Crippen LogP) is 3.82. The van der Waals surface area contributed by atoms with Crippen molar-refractivity contribution in [2.45, 2.75) is 26.5 Å². The average Bonchev–Trinajstić information content (AvgIpc) is 3.06. The van der Waals surface area contributed by atoms with Crippen molar-refractivity contribution in [1.82, 2.24) is 10.2 Å². The maximum atomic E-state index is 12.1. The second-order valence-corrected chi connectivity index (χ2v) is 6.42. The third kappa shape index (κ3) is 4.51. The van der Waals surface area contributed by atoms with Gasteiger partial charge in [-0.3, -0.25) is 0 Å². The number of carbonyl (C=O) groups excluding carboxylic acids is 1. The number of amides is 2. The third-order valence-corrected chi connectivity index (χ3v) is 4.29. The smallest absolute Gasteiger partial charge is 0.317 e. The van der Waals surface area contributed by atoms with Gasteiger partial charge in [-0.15, -0.1) is 0 Å². The summed E-state index contributed by atoms with van der Waals surface area (Å²) >= 11 is 0. The van der Waals surface area contributed by atoms with Crippen molar-refractivity contribution in [1.29, 1.82) is 0 Å². The van der Waals surface area contributed by atoms with Crippen LogP contribution in [0.15, 0.2) is 54.6 Å². The Labute approximate surface area is 143 Å². The fourth-order valence-electron chi connectivity index (χ4n) is 2.92. The van der Waals surface area contributed by atoms with Gasteiger partial charge in [0.1, 0.15) is 12.4 Å². The summed E-state index contributed by atoms with van der Waals surface area (Å²) in [4.78, 5) is 14.0. The lowest BCUT2D eigenvalue weighted by Gasteiger charge is -2.17. The summed E-state index contributed by atoms with van der Waals surface area (Å²) in [7, 11) is 0. The van der Waals surface area contributed by atoms with Crippen molar-refractivity contribution >= 4 is 6.03 Å². The molecule has 1 unspecified atom stereocenters. The number of nitrogens with one attached hydrogen (secondary N) is 1. The standard InChI is InChI=1S/C20H24N2O2/c1-16-10-11-22(14-16)20(23)21-13-17-6-5-7-18(12-17)15-24-19-8-3-2-4-9-19/h2-9,12,16H,10-11,13-15H2,1H3,(H,21,23). The van der Waals surface area contributed by atoms with Crippen molar-refractivity contribution in [3.8, 4) is 5.75 Å². The quantitative estimate of drug-likeness (QED) is 0.908. The number of benzene rings is 2. The van der Waals surface area contributed by atoms with E-state index in [2.05, 4.69) is 18.3 Å². The van der Waals surface area contributed by atoms with Gasteiger partial charge in [0.05, 0.1) is 0 Å². The minimum atomic E-state index is 0.0327. The summed E-state index contributed by atoms with van der Waals surface area (Å²) in [5, 5.41) is 3.01. The van der Waals surface area contributed by atoms with Crippen molar-refractivity contribution < 1.29 is 9.53 Å². The van der Waals surface area contributed by atoms with Gasteiger partial charge in [-0.25, -0.2) is 4.79 Å². The molecule has 1 saturated heterocycles. The zero-order chi connectivity index (χ0) is 16.8. The lowest BCUT2D eigenvalue weighted by molar-refractivity contribution is 0.207. The highest BCUT2D eigenvalue weighted by Gasteiger charge is 2.22. The van der Waals surface area contributed by atoms with Crippen LogP contribution in [0, 0.1) is 5.92 Å². The van der Waals surface area contributed by atoms with Gasteiger partial charge in [-0.1, -0.05) is 49.4 Å². The van der Waals surface area contributed by atoms with Crippen molar-refractivity contribution in [3.05, 3.63) is 65.7 Å². The van der Waals surface area contributed by atoms with Crippen molar-refractivity contribution in [2.24, 2.45) is 5.92 Å². The molecule has 3 rings (SSSR count). The molecule has 0 bridgehead atoms. The van der Waals surface area contributed by atoms with E-state index in [0.29, 0.717) is 19.1 Å². The molecule has 2 aromatic carbocycles. The highest BCUT2D eigenvalue weighted by atomic mass is 16.5. The van der Waals surface area contributed by atoms with Gasteiger partial charge in [0.15, 0.2) is 0 Å². The van der Waals surface area contributed by atoms with Crippen LogP contribution in [0.4, 0.5) is 4.79 Å². The van der Waals surface area contributed by atoms with Crippen LogP contribution in [0.3, 0.4) is 0 Å². The molecule has 1 aliphatic rings. The van der Waals surface area contributed by atoms with E-state index in [0.717, 1.165) is 36.4 Å². The minimum Gasteiger partial charge on any atom is -0.489 e. The molecule has 0 saturated carbocycles. The molecule has 1 atom stereocenters. The first-order chi connectivity index (χ1) is 11.7. The average molecular weight is 324 g/mol. The molecule has 0 aromatic heterocycles. The van der Waals surface area contributed by atoms with E-state index >= 15 is 0 Å². The fourth-order valence-corrected chi connectivity index (χ4v) is 2.92. The second kappa shape index (κ2) is 7.86. The van der Waals surface area contributed by atoms with Crippen LogP contribution in [0.1, 0.15) is 24.5 Å². The van der Waals surface area contributed by atoms with Crippen LogP contribution in [0.5, 0.6) is 5.75 Å². The number of rotatable bonds is 5. The number of carbonyl (C=O) groups is 1. The van der Waals surface area contributed by atoms with Gasteiger partial charge in [0.25, 0.3) is 0 Å². The number of para-hydroxylation sites is 1. The highest BCUT2D eigenvalue weighted by Crippen LogP contribution is 2.15. The van der Waals surface area contributed by atoms with E-state index < -0.39 is 0 Å². The summed E-state index contributed by atoms with van der Waals surface area (Å²) in [6.07, 6.45) is 1.10. The zero-order valence-corrected chi connectivity index (χ0v) is 14.1. The molecule has 0 spiro atoms. The molecule has 1 N–H and O–H groups in total. The maximum absolute atomic E-state index is 12.1. The number of likely N-dealkylation sites (tertiary alicyclic amines) is 1.